The number of H-pyrrole nitrogens is 1. The Balaban J connectivity index is 1.73. The highest BCUT2D eigenvalue weighted by Gasteiger charge is 2.24. The summed E-state index contributed by atoms with van der Waals surface area (Å²) in [6.45, 7) is 2.46. The Morgan fingerprint density at radius 1 is 1.17 bits per heavy atom. The molecule has 24 heavy (non-hydrogen) atoms. The van der Waals surface area contributed by atoms with Crippen molar-refractivity contribution >= 4 is 10.9 Å². The van der Waals surface area contributed by atoms with Crippen LogP contribution in [0, 0.1) is 0 Å². The first-order valence-electron chi connectivity index (χ1n) is 8.84. The lowest BCUT2D eigenvalue weighted by atomic mass is 9.91. The van der Waals surface area contributed by atoms with E-state index in [0.717, 1.165) is 12.8 Å². The maximum atomic E-state index is 9.56. The van der Waals surface area contributed by atoms with Crippen LogP contribution < -0.4 is 5.32 Å². The van der Waals surface area contributed by atoms with Crippen LogP contribution in [0.4, 0.5) is 0 Å². The van der Waals surface area contributed by atoms with Gasteiger partial charge in [0.2, 0.25) is 0 Å². The molecule has 4 rings (SSSR count). The van der Waals surface area contributed by atoms with Crippen LogP contribution in [0.25, 0.3) is 22.0 Å². The third-order valence-corrected chi connectivity index (χ3v) is 4.97. The zero-order chi connectivity index (χ0) is 16.5. The average molecular weight is 320 g/mol. The first-order valence-corrected chi connectivity index (χ1v) is 8.84. The Labute approximate surface area is 142 Å². The number of rotatable bonds is 4. The standard InChI is InChI=1S/C21H24N2O/c1-14(24)13-22-20-9-5-8-17-18-12-16(15-6-3-2-4-7-15)10-11-19(18)23-21(17)20/h2-4,6-7,10-12,14,20,22-24H,5,8-9,13H2,1H3/t14-,20+/m1/s1. The van der Waals surface area contributed by atoms with Crippen molar-refractivity contribution in [2.45, 2.75) is 38.3 Å². The van der Waals surface area contributed by atoms with Gasteiger partial charge in [-0.2, -0.15) is 0 Å². The van der Waals surface area contributed by atoms with E-state index < -0.39 is 0 Å². The molecule has 3 N–H and O–H groups in total. The quantitative estimate of drug-likeness (QED) is 0.675. The summed E-state index contributed by atoms with van der Waals surface area (Å²) in [5.41, 5.74) is 6.49. The van der Waals surface area contributed by atoms with Gasteiger partial charge in [0, 0.05) is 29.2 Å². The van der Waals surface area contributed by atoms with Crippen molar-refractivity contribution in [2.75, 3.05) is 6.54 Å². The van der Waals surface area contributed by atoms with Gasteiger partial charge in [-0.3, -0.25) is 0 Å². The van der Waals surface area contributed by atoms with E-state index in [0.29, 0.717) is 12.6 Å². The maximum absolute atomic E-state index is 9.56. The molecule has 1 heterocycles. The number of aromatic amines is 1. The summed E-state index contributed by atoms with van der Waals surface area (Å²) in [5, 5.41) is 14.4. The Hall–Kier alpha value is -2.10. The highest BCUT2D eigenvalue weighted by molar-refractivity contribution is 5.89. The van der Waals surface area contributed by atoms with Gasteiger partial charge in [-0.25, -0.2) is 0 Å². The van der Waals surface area contributed by atoms with Gasteiger partial charge in [-0.1, -0.05) is 36.4 Å². The Morgan fingerprint density at radius 2 is 2.00 bits per heavy atom. The SMILES string of the molecule is C[C@@H](O)CN[C@H]1CCCc2c1[nH]c1ccc(-c3ccccc3)cc21. The van der Waals surface area contributed by atoms with Crippen LogP contribution in [0.5, 0.6) is 0 Å². The zero-order valence-corrected chi connectivity index (χ0v) is 14.0. The maximum Gasteiger partial charge on any atom is 0.0636 e. The number of hydrogen-bond donors (Lipinski definition) is 3. The van der Waals surface area contributed by atoms with Crippen molar-refractivity contribution in [1.29, 1.82) is 0 Å². The fraction of sp³-hybridized carbons (Fsp3) is 0.333. The van der Waals surface area contributed by atoms with Gasteiger partial charge in [-0.05, 0) is 55.0 Å². The number of benzene rings is 2. The fourth-order valence-corrected chi connectivity index (χ4v) is 3.79. The van der Waals surface area contributed by atoms with Crippen molar-refractivity contribution in [3.05, 3.63) is 59.8 Å². The number of hydrogen-bond acceptors (Lipinski definition) is 2. The molecule has 0 radical (unpaired) electrons. The summed E-state index contributed by atoms with van der Waals surface area (Å²) >= 11 is 0. The molecule has 1 aromatic heterocycles. The third kappa shape index (κ3) is 2.85. The molecule has 0 saturated carbocycles. The van der Waals surface area contributed by atoms with Crippen LogP contribution >= 0.6 is 0 Å². The average Bonchev–Trinajstić information content (AvgIpc) is 2.99. The van der Waals surface area contributed by atoms with Gasteiger partial charge >= 0.3 is 0 Å². The molecule has 2 aromatic carbocycles. The van der Waals surface area contributed by atoms with Crippen molar-refractivity contribution in [2.24, 2.45) is 0 Å². The second-order valence-corrected chi connectivity index (χ2v) is 6.85. The van der Waals surface area contributed by atoms with E-state index in [1.54, 1.807) is 0 Å². The minimum Gasteiger partial charge on any atom is -0.392 e. The van der Waals surface area contributed by atoms with Gasteiger partial charge < -0.3 is 15.4 Å². The molecule has 2 atom stereocenters. The van der Waals surface area contributed by atoms with E-state index in [1.165, 1.54) is 39.7 Å². The molecule has 3 heteroatoms. The van der Waals surface area contributed by atoms with Gasteiger partial charge in [-0.15, -0.1) is 0 Å². The second kappa shape index (κ2) is 6.42. The van der Waals surface area contributed by atoms with Crippen LogP contribution in [0.15, 0.2) is 48.5 Å². The van der Waals surface area contributed by atoms with Crippen molar-refractivity contribution in [3.8, 4) is 11.1 Å². The molecule has 0 amide bonds. The summed E-state index contributed by atoms with van der Waals surface area (Å²) < 4.78 is 0. The molecule has 0 bridgehead atoms. The van der Waals surface area contributed by atoms with Crippen LogP contribution in [-0.2, 0) is 6.42 Å². The normalized spacial score (nSPS) is 18.5. The summed E-state index contributed by atoms with van der Waals surface area (Å²) in [6.07, 6.45) is 3.12. The smallest absolute Gasteiger partial charge is 0.0636 e. The van der Waals surface area contributed by atoms with E-state index in [1.807, 2.05) is 6.92 Å². The minimum atomic E-state index is -0.315. The Kier molecular flexibility index (Phi) is 4.13. The van der Waals surface area contributed by atoms with E-state index in [-0.39, 0.29) is 6.10 Å². The summed E-state index contributed by atoms with van der Waals surface area (Å²) in [4.78, 5) is 3.62. The highest BCUT2D eigenvalue weighted by atomic mass is 16.3. The van der Waals surface area contributed by atoms with E-state index in [2.05, 4.69) is 58.8 Å². The molecule has 0 spiro atoms. The highest BCUT2D eigenvalue weighted by Crippen LogP contribution is 2.36. The van der Waals surface area contributed by atoms with Crippen LogP contribution in [0.3, 0.4) is 0 Å². The van der Waals surface area contributed by atoms with E-state index >= 15 is 0 Å². The minimum absolute atomic E-state index is 0.315. The molecule has 0 saturated heterocycles. The predicted molar refractivity (Wildman–Crippen MR) is 99.1 cm³/mol. The predicted octanol–water partition coefficient (Wildman–Crippen LogP) is 4.18. The number of aromatic nitrogens is 1. The van der Waals surface area contributed by atoms with Crippen LogP contribution in [0.2, 0.25) is 0 Å². The molecule has 0 aliphatic heterocycles. The number of nitrogens with one attached hydrogen (secondary N) is 2. The first kappa shape index (κ1) is 15.4. The molecular weight excluding hydrogens is 296 g/mol. The molecule has 0 unspecified atom stereocenters. The van der Waals surface area contributed by atoms with Crippen molar-refractivity contribution < 1.29 is 5.11 Å². The molecule has 1 aliphatic carbocycles. The lowest BCUT2D eigenvalue weighted by molar-refractivity contribution is 0.184. The molecule has 1 aliphatic rings. The van der Waals surface area contributed by atoms with Crippen LogP contribution in [0.1, 0.15) is 37.1 Å². The summed E-state index contributed by atoms with van der Waals surface area (Å²) in [7, 11) is 0. The first-order chi connectivity index (χ1) is 11.7. The number of aliphatic hydroxyl groups is 1. The Morgan fingerprint density at radius 3 is 2.79 bits per heavy atom. The second-order valence-electron chi connectivity index (χ2n) is 6.85. The largest absolute Gasteiger partial charge is 0.392 e. The lowest BCUT2D eigenvalue weighted by Gasteiger charge is -2.24. The number of aliphatic hydroxyl groups excluding tert-OH is 1. The number of fused-ring (bicyclic) bond motifs is 3. The molecular formula is C21H24N2O. The number of aryl methyl sites for hydroxylation is 1. The molecule has 124 valence electrons. The molecule has 3 nitrogen and oxygen atoms in total. The topological polar surface area (TPSA) is 48.0 Å². The van der Waals surface area contributed by atoms with Gasteiger partial charge in [0.1, 0.15) is 0 Å². The lowest BCUT2D eigenvalue weighted by Crippen LogP contribution is -2.31. The van der Waals surface area contributed by atoms with E-state index in [4.69, 9.17) is 0 Å². The Bertz CT molecular complexity index is 836. The summed E-state index contributed by atoms with van der Waals surface area (Å²) in [5.74, 6) is 0. The molecule has 3 aromatic rings. The van der Waals surface area contributed by atoms with Gasteiger partial charge in [0.05, 0.1) is 6.10 Å². The van der Waals surface area contributed by atoms with Gasteiger partial charge in [0.15, 0.2) is 0 Å². The van der Waals surface area contributed by atoms with E-state index in [9.17, 15) is 5.11 Å². The van der Waals surface area contributed by atoms with Gasteiger partial charge in [0.25, 0.3) is 0 Å². The third-order valence-electron chi connectivity index (χ3n) is 4.97. The zero-order valence-electron chi connectivity index (χ0n) is 14.0. The van der Waals surface area contributed by atoms with Crippen molar-refractivity contribution in [1.82, 2.24) is 10.3 Å². The summed E-state index contributed by atoms with van der Waals surface area (Å²) in [6, 6.07) is 17.6. The molecule has 0 fully saturated rings. The fourth-order valence-electron chi connectivity index (χ4n) is 3.79. The monoisotopic (exact) mass is 320 g/mol. The van der Waals surface area contributed by atoms with Crippen molar-refractivity contribution in [3.63, 3.8) is 0 Å². The van der Waals surface area contributed by atoms with Crippen LogP contribution in [-0.4, -0.2) is 22.7 Å².